The maximum absolute atomic E-state index is 12.7. The highest BCUT2D eigenvalue weighted by Gasteiger charge is 2.34. The fourth-order valence-electron chi connectivity index (χ4n) is 3.16. The second-order valence-electron chi connectivity index (χ2n) is 6.06. The molecular formula is C17H19F3N2O. The molecule has 6 heteroatoms. The van der Waals surface area contributed by atoms with Crippen LogP contribution < -0.4 is 0 Å². The number of hydrogen-bond acceptors (Lipinski definition) is 2. The van der Waals surface area contributed by atoms with E-state index in [1.807, 2.05) is 29.9 Å². The standard InChI is InChI=1S/C17H19F3N2O/c1-21-8-2-3-14(21)10-22-11-15(23)9-16(22)12-4-6-13(7-5-12)17(18,19)20/h2-8,15-16,23H,9-11H2,1H3. The van der Waals surface area contributed by atoms with Crippen molar-refractivity contribution in [2.24, 2.45) is 7.05 Å². The quantitative estimate of drug-likeness (QED) is 0.938. The van der Waals surface area contributed by atoms with E-state index in [1.54, 1.807) is 0 Å². The summed E-state index contributed by atoms with van der Waals surface area (Å²) in [5.74, 6) is 0. The zero-order valence-corrected chi connectivity index (χ0v) is 12.8. The molecule has 2 atom stereocenters. The third-order valence-electron chi connectivity index (χ3n) is 4.42. The van der Waals surface area contributed by atoms with Crippen LogP contribution in [-0.2, 0) is 19.8 Å². The lowest BCUT2D eigenvalue weighted by Crippen LogP contribution is -2.25. The van der Waals surface area contributed by atoms with E-state index in [2.05, 4.69) is 4.90 Å². The monoisotopic (exact) mass is 324 g/mol. The van der Waals surface area contributed by atoms with Crippen LogP contribution in [0.5, 0.6) is 0 Å². The zero-order valence-electron chi connectivity index (χ0n) is 12.8. The molecule has 124 valence electrons. The van der Waals surface area contributed by atoms with E-state index in [0.29, 0.717) is 19.5 Å². The lowest BCUT2D eigenvalue weighted by molar-refractivity contribution is -0.137. The summed E-state index contributed by atoms with van der Waals surface area (Å²) in [4.78, 5) is 2.11. The van der Waals surface area contributed by atoms with E-state index in [4.69, 9.17) is 0 Å². The van der Waals surface area contributed by atoms with Gasteiger partial charge in [-0.3, -0.25) is 4.90 Å². The van der Waals surface area contributed by atoms with Gasteiger partial charge in [0.1, 0.15) is 0 Å². The van der Waals surface area contributed by atoms with E-state index in [0.717, 1.165) is 23.4 Å². The molecule has 23 heavy (non-hydrogen) atoms. The minimum Gasteiger partial charge on any atom is -0.392 e. The molecule has 1 aliphatic rings. The fraction of sp³-hybridized carbons (Fsp3) is 0.412. The average molecular weight is 324 g/mol. The molecule has 1 saturated heterocycles. The first-order chi connectivity index (χ1) is 10.8. The number of aliphatic hydroxyl groups is 1. The van der Waals surface area contributed by atoms with E-state index in [-0.39, 0.29) is 6.04 Å². The minimum atomic E-state index is -4.32. The Morgan fingerprint density at radius 1 is 1.17 bits per heavy atom. The van der Waals surface area contributed by atoms with Gasteiger partial charge in [0.15, 0.2) is 0 Å². The normalized spacial score (nSPS) is 22.7. The van der Waals surface area contributed by atoms with Crippen LogP contribution in [0, 0.1) is 0 Å². The Balaban J connectivity index is 1.80. The topological polar surface area (TPSA) is 28.4 Å². The van der Waals surface area contributed by atoms with Crippen LogP contribution in [0.15, 0.2) is 42.6 Å². The minimum absolute atomic E-state index is 0.0674. The number of rotatable bonds is 3. The van der Waals surface area contributed by atoms with E-state index in [1.165, 1.54) is 12.1 Å². The van der Waals surface area contributed by atoms with Gasteiger partial charge in [-0.1, -0.05) is 12.1 Å². The molecular weight excluding hydrogens is 305 g/mol. The average Bonchev–Trinajstić information content (AvgIpc) is 3.05. The SMILES string of the molecule is Cn1cccc1CN1CC(O)CC1c1ccc(C(F)(F)F)cc1. The lowest BCUT2D eigenvalue weighted by Gasteiger charge is -2.25. The number of alkyl halides is 3. The number of aliphatic hydroxyl groups excluding tert-OH is 1. The van der Waals surface area contributed by atoms with E-state index >= 15 is 0 Å². The highest BCUT2D eigenvalue weighted by Crippen LogP contribution is 2.35. The number of aromatic nitrogens is 1. The molecule has 1 aromatic heterocycles. The Hall–Kier alpha value is -1.79. The zero-order chi connectivity index (χ0) is 16.6. The second kappa shape index (κ2) is 6.02. The van der Waals surface area contributed by atoms with Gasteiger partial charge >= 0.3 is 6.18 Å². The van der Waals surface area contributed by atoms with Crippen LogP contribution >= 0.6 is 0 Å². The second-order valence-corrected chi connectivity index (χ2v) is 6.06. The van der Waals surface area contributed by atoms with Gasteiger partial charge < -0.3 is 9.67 Å². The van der Waals surface area contributed by atoms with Crippen LogP contribution in [-0.4, -0.2) is 27.2 Å². The van der Waals surface area contributed by atoms with Crippen molar-refractivity contribution < 1.29 is 18.3 Å². The Morgan fingerprint density at radius 3 is 2.43 bits per heavy atom. The van der Waals surface area contributed by atoms with Crippen molar-refractivity contribution in [1.82, 2.24) is 9.47 Å². The molecule has 2 aromatic rings. The molecule has 3 nitrogen and oxygen atoms in total. The van der Waals surface area contributed by atoms with Crippen LogP contribution in [0.3, 0.4) is 0 Å². The number of aryl methyl sites for hydroxylation is 1. The summed E-state index contributed by atoms with van der Waals surface area (Å²) in [6, 6.07) is 9.15. The van der Waals surface area contributed by atoms with Crippen molar-refractivity contribution >= 4 is 0 Å². The maximum Gasteiger partial charge on any atom is 0.416 e. The molecule has 0 bridgehead atoms. The van der Waals surface area contributed by atoms with Crippen LogP contribution in [0.25, 0.3) is 0 Å². The molecule has 0 saturated carbocycles. The first-order valence-corrected chi connectivity index (χ1v) is 7.54. The highest BCUT2D eigenvalue weighted by molar-refractivity contribution is 5.28. The number of hydrogen-bond donors (Lipinski definition) is 1. The highest BCUT2D eigenvalue weighted by atomic mass is 19.4. The van der Waals surface area contributed by atoms with Crippen molar-refractivity contribution in [1.29, 1.82) is 0 Å². The van der Waals surface area contributed by atoms with Crippen molar-refractivity contribution in [3.05, 3.63) is 59.4 Å². The van der Waals surface area contributed by atoms with Gasteiger partial charge in [-0.15, -0.1) is 0 Å². The van der Waals surface area contributed by atoms with E-state index in [9.17, 15) is 18.3 Å². The first-order valence-electron chi connectivity index (χ1n) is 7.54. The molecule has 1 aromatic carbocycles. The Morgan fingerprint density at radius 2 is 1.87 bits per heavy atom. The lowest BCUT2D eigenvalue weighted by atomic mass is 10.0. The summed E-state index contributed by atoms with van der Waals surface area (Å²) >= 11 is 0. The van der Waals surface area contributed by atoms with Gasteiger partial charge in [0.2, 0.25) is 0 Å². The predicted octanol–water partition coefficient (Wildman–Crippen LogP) is 3.35. The van der Waals surface area contributed by atoms with Crippen LogP contribution in [0.1, 0.15) is 29.3 Å². The Kier molecular flexibility index (Phi) is 4.21. The van der Waals surface area contributed by atoms with Gasteiger partial charge in [0.05, 0.1) is 11.7 Å². The molecule has 1 aliphatic heterocycles. The molecule has 1 N–H and O–H groups in total. The number of benzene rings is 1. The molecule has 0 amide bonds. The van der Waals surface area contributed by atoms with Gasteiger partial charge in [0, 0.05) is 38.1 Å². The van der Waals surface area contributed by atoms with Crippen molar-refractivity contribution in [2.75, 3.05) is 6.54 Å². The number of halogens is 3. The van der Waals surface area contributed by atoms with E-state index < -0.39 is 17.8 Å². The summed E-state index contributed by atoms with van der Waals surface area (Å²) in [6.45, 7) is 1.18. The largest absolute Gasteiger partial charge is 0.416 e. The third kappa shape index (κ3) is 3.43. The van der Waals surface area contributed by atoms with Gasteiger partial charge in [-0.05, 0) is 36.2 Å². The smallest absolute Gasteiger partial charge is 0.392 e. The molecule has 0 aliphatic carbocycles. The summed E-state index contributed by atoms with van der Waals surface area (Å²) in [5, 5.41) is 9.98. The predicted molar refractivity (Wildman–Crippen MR) is 80.6 cm³/mol. The van der Waals surface area contributed by atoms with Crippen molar-refractivity contribution in [3.8, 4) is 0 Å². The van der Waals surface area contributed by atoms with Gasteiger partial charge in [0.25, 0.3) is 0 Å². The number of nitrogens with zero attached hydrogens (tertiary/aromatic N) is 2. The van der Waals surface area contributed by atoms with Gasteiger partial charge in [-0.2, -0.15) is 13.2 Å². The fourth-order valence-corrected chi connectivity index (χ4v) is 3.16. The first kappa shape index (κ1) is 16.1. The summed E-state index contributed by atoms with van der Waals surface area (Å²) in [7, 11) is 1.95. The maximum atomic E-state index is 12.7. The Labute approximate surface area is 133 Å². The number of likely N-dealkylation sites (tertiary alicyclic amines) is 1. The summed E-state index contributed by atoms with van der Waals surface area (Å²) in [5.41, 5.74) is 1.27. The molecule has 2 unspecified atom stereocenters. The molecule has 2 heterocycles. The van der Waals surface area contributed by atoms with Crippen LogP contribution in [0.2, 0.25) is 0 Å². The third-order valence-corrected chi connectivity index (χ3v) is 4.42. The number of β-amino-alcohol motifs (C(OH)–C–C–N with tert-alkyl or cyclic N) is 1. The Bertz CT molecular complexity index is 663. The molecule has 3 rings (SSSR count). The summed E-state index contributed by atoms with van der Waals surface area (Å²) in [6.07, 6.45) is -2.29. The van der Waals surface area contributed by atoms with Crippen molar-refractivity contribution in [2.45, 2.75) is 31.3 Å². The molecule has 0 radical (unpaired) electrons. The van der Waals surface area contributed by atoms with Crippen molar-refractivity contribution in [3.63, 3.8) is 0 Å². The van der Waals surface area contributed by atoms with Crippen LogP contribution in [0.4, 0.5) is 13.2 Å². The molecule has 1 fully saturated rings. The van der Waals surface area contributed by atoms with Gasteiger partial charge in [-0.25, -0.2) is 0 Å². The summed E-state index contributed by atoms with van der Waals surface area (Å²) < 4.78 is 40.0. The molecule has 0 spiro atoms.